The predicted octanol–water partition coefficient (Wildman–Crippen LogP) is 4.93. The summed E-state index contributed by atoms with van der Waals surface area (Å²) in [5, 5.41) is 2.93. The van der Waals surface area contributed by atoms with Crippen molar-refractivity contribution in [1.29, 1.82) is 0 Å². The van der Waals surface area contributed by atoms with Gasteiger partial charge in [0.05, 0.1) is 10.6 Å². The van der Waals surface area contributed by atoms with E-state index in [4.69, 9.17) is 11.6 Å². The van der Waals surface area contributed by atoms with Gasteiger partial charge in [-0.25, -0.2) is 12.8 Å². The molecule has 0 atom stereocenters. The molecule has 0 aliphatic heterocycles. The van der Waals surface area contributed by atoms with Crippen molar-refractivity contribution in [3.63, 3.8) is 0 Å². The first kappa shape index (κ1) is 21.8. The van der Waals surface area contributed by atoms with E-state index in [0.29, 0.717) is 10.7 Å². The molecule has 30 heavy (non-hydrogen) atoms. The van der Waals surface area contributed by atoms with Gasteiger partial charge in [0.1, 0.15) is 12.4 Å². The van der Waals surface area contributed by atoms with Crippen LogP contribution in [0.1, 0.15) is 11.1 Å². The van der Waals surface area contributed by atoms with E-state index in [9.17, 15) is 17.6 Å². The second-order valence-corrected chi connectivity index (χ2v) is 9.09. The SMILES string of the molecule is Cc1ccc(N(CC(=O)Nc2cccc(F)c2)S(=O)(=O)c2ccc(Cl)cc2)cc1C. The molecule has 8 heteroatoms. The number of anilines is 2. The molecule has 5 nitrogen and oxygen atoms in total. The fraction of sp³-hybridized carbons (Fsp3) is 0.136. The molecular formula is C22H20ClFN2O3S. The lowest BCUT2D eigenvalue weighted by Crippen LogP contribution is -2.38. The van der Waals surface area contributed by atoms with Crippen LogP contribution in [0.2, 0.25) is 5.02 Å². The smallest absolute Gasteiger partial charge is 0.264 e. The molecule has 0 fully saturated rings. The van der Waals surface area contributed by atoms with Crippen LogP contribution >= 0.6 is 11.6 Å². The van der Waals surface area contributed by atoms with Crippen LogP contribution in [0.3, 0.4) is 0 Å². The third kappa shape index (κ3) is 4.98. The van der Waals surface area contributed by atoms with E-state index in [-0.39, 0.29) is 10.6 Å². The number of carbonyl (C=O) groups excluding carboxylic acids is 1. The number of amides is 1. The molecule has 0 radical (unpaired) electrons. The normalized spacial score (nSPS) is 11.2. The summed E-state index contributed by atoms with van der Waals surface area (Å²) in [5.41, 5.74) is 2.47. The molecule has 3 aromatic rings. The summed E-state index contributed by atoms with van der Waals surface area (Å²) in [6.07, 6.45) is 0. The fourth-order valence-electron chi connectivity index (χ4n) is 2.83. The zero-order valence-electron chi connectivity index (χ0n) is 16.4. The molecule has 0 heterocycles. The summed E-state index contributed by atoms with van der Waals surface area (Å²) < 4.78 is 41.1. The van der Waals surface area contributed by atoms with Crippen molar-refractivity contribution in [2.75, 3.05) is 16.2 Å². The van der Waals surface area contributed by atoms with E-state index in [1.807, 2.05) is 13.8 Å². The first-order chi connectivity index (χ1) is 14.2. The Balaban J connectivity index is 1.97. The highest BCUT2D eigenvalue weighted by Gasteiger charge is 2.27. The van der Waals surface area contributed by atoms with E-state index in [1.165, 1.54) is 42.5 Å². The molecule has 0 unspecified atom stereocenters. The zero-order chi connectivity index (χ0) is 21.9. The van der Waals surface area contributed by atoms with Crippen LogP contribution in [0.25, 0.3) is 0 Å². The Hall–Kier alpha value is -2.90. The molecule has 0 saturated heterocycles. The van der Waals surface area contributed by atoms with Crippen LogP contribution in [0.15, 0.2) is 71.6 Å². The molecule has 0 spiro atoms. The average Bonchev–Trinajstić information content (AvgIpc) is 2.68. The maximum absolute atomic E-state index is 13.4. The molecule has 156 valence electrons. The summed E-state index contributed by atoms with van der Waals surface area (Å²) >= 11 is 5.88. The molecule has 0 saturated carbocycles. The van der Waals surface area contributed by atoms with Gasteiger partial charge in [0, 0.05) is 10.7 Å². The molecule has 3 rings (SSSR count). The van der Waals surface area contributed by atoms with E-state index in [2.05, 4.69) is 5.32 Å². The Morgan fingerprint density at radius 1 is 1.00 bits per heavy atom. The molecular weight excluding hydrogens is 427 g/mol. The molecule has 0 aliphatic carbocycles. The third-order valence-electron chi connectivity index (χ3n) is 4.58. The maximum Gasteiger partial charge on any atom is 0.264 e. The van der Waals surface area contributed by atoms with E-state index in [1.54, 1.807) is 18.2 Å². The molecule has 3 aromatic carbocycles. The van der Waals surface area contributed by atoms with Crippen molar-refractivity contribution in [2.45, 2.75) is 18.7 Å². The molecule has 0 aromatic heterocycles. The van der Waals surface area contributed by atoms with Crippen molar-refractivity contribution in [2.24, 2.45) is 0 Å². The first-order valence-electron chi connectivity index (χ1n) is 9.08. The van der Waals surface area contributed by atoms with Gasteiger partial charge >= 0.3 is 0 Å². The number of hydrogen-bond acceptors (Lipinski definition) is 3. The number of carbonyl (C=O) groups is 1. The highest BCUT2D eigenvalue weighted by atomic mass is 35.5. The summed E-state index contributed by atoms with van der Waals surface area (Å²) in [7, 11) is -4.06. The highest BCUT2D eigenvalue weighted by Crippen LogP contribution is 2.26. The van der Waals surface area contributed by atoms with E-state index in [0.717, 1.165) is 21.5 Å². The summed E-state index contributed by atoms with van der Waals surface area (Å²) in [5.74, 6) is -1.11. The van der Waals surface area contributed by atoms with E-state index < -0.39 is 28.3 Å². The fourth-order valence-corrected chi connectivity index (χ4v) is 4.37. The van der Waals surface area contributed by atoms with Gasteiger partial charge in [0.25, 0.3) is 10.0 Å². The largest absolute Gasteiger partial charge is 0.324 e. The number of hydrogen-bond donors (Lipinski definition) is 1. The van der Waals surface area contributed by atoms with Crippen LogP contribution in [-0.2, 0) is 14.8 Å². The average molecular weight is 447 g/mol. The van der Waals surface area contributed by atoms with Gasteiger partial charge in [-0.05, 0) is 79.6 Å². The molecule has 0 aliphatic rings. The third-order valence-corrected chi connectivity index (χ3v) is 6.62. The standard InChI is InChI=1S/C22H20ClFN2O3S/c1-15-6-9-20(12-16(15)2)26(30(28,29)21-10-7-17(23)8-11-21)14-22(27)25-19-5-3-4-18(24)13-19/h3-13H,14H2,1-2H3,(H,25,27). The van der Waals surface area contributed by atoms with Crippen LogP contribution in [-0.4, -0.2) is 20.9 Å². The summed E-state index contributed by atoms with van der Waals surface area (Å²) in [6.45, 7) is 3.29. The van der Waals surface area contributed by atoms with Gasteiger partial charge in [-0.15, -0.1) is 0 Å². The van der Waals surface area contributed by atoms with Gasteiger partial charge in [-0.1, -0.05) is 23.7 Å². The Labute approximate surface area is 180 Å². The Morgan fingerprint density at radius 2 is 1.70 bits per heavy atom. The van der Waals surface area contributed by atoms with Crippen LogP contribution in [0.5, 0.6) is 0 Å². The Kier molecular flexibility index (Phi) is 6.43. The number of benzene rings is 3. The Bertz CT molecular complexity index is 1180. The monoisotopic (exact) mass is 446 g/mol. The van der Waals surface area contributed by atoms with Crippen LogP contribution < -0.4 is 9.62 Å². The van der Waals surface area contributed by atoms with Crippen LogP contribution in [0, 0.1) is 19.7 Å². The lowest BCUT2D eigenvalue weighted by Gasteiger charge is -2.25. The summed E-state index contributed by atoms with van der Waals surface area (Å²) in [4.78, 5) is 12.6. The van der Waals surface area contributed by atoms with Crippen molar-refractivity contribution in [1.82, 2.24) is 0 Å². The van der Waals surface area contributed by atoms with Gasteiger partial charge in [0.2, 0.25) is 5.91 Å². The molecule has 1 N–H and O–H groups in total. The molecule has 1 amide bonds. The minimum atomic E-state index is -4.06. The lowest BCUT2D eigenvalue weighted by molar-refractivity contribution is -0.114. The second-order valence-electron chi connectivity index (χ2n) is 6.79. The Morgan fingerprint density at radius 3 is 2.33 bits per heavy atom. The minimum Gasteiger partial charge on any atom is -0.324 e. The lowest BCUT2D eigenvalue weighted by atomic mass is 10.1. The van der Waals surface area contributed by atoms with Gasteiger partial charge < -0.3 is 5.32 Å². The van der Waals surface area contributed by atoms with Crippen molar-refractivity contribution in [3.8, 4) is 0 Å². The number of sulfonamides is 1. The van der Waals surface area contributed by atoms with Crippen molar-refractivity contribution in [3.05, 3.63) is 88.7 Å². The van der Waals surface area contributed by atoms with Crippen molar-refractivity contribution < 1.29 is 17.6 Å². The number of nitrogens with zero attached hydrogens (tertiary/aromatic N) is 1. The zero-order valence-corrected chi connectivity index (χ0v) is 18.0. The van der Waals surface area contributed by atoms with Gasteiger partial charge in [-0.3, -0.25) is 9.10 Å². The number of nitrogens with one attached hydrogen (secondary N) is 1. The van der Waals surface area contributed by atoms with Crippen LogP contribution in [0.4, 0.5) is 15.8 Å². The first-order valence-corrected chi connectivity index (χ1v) is 10.9. The van der Waals surface area contributed by atoms with Gasteiger partial charge in [-0.2, -0.15) is 0 Å². The topological polar surface area (TPSA) is 66.5 Å². The second kappa shape index (κ2) is 8.85. The quantitative estimate of drug-likeness (QED) is 0.583. The van der Waals surface area contributed by atoms with Gasteiger partial charge in [0.15, 0.2) is 0 Å². The maximum atomic E-state index is 13.4. The number of halogens is 2. The summed E-state index contributed by atoms with van der Waals surface area (Å²) in [6, 6.07) is 16.2. The van der Waals surface area contributed by atoms with Crippen molar-refractivity contribution >= 4 is 38.9 Å². The van der Waals surface area contributed by atoms with E-state index >= 15 is 0 Å². The predicted molar refractivity (Wildman–Crippen MR) is 117 cm³/mol. The highest BCUT2D eigenvalue weighted by molar-refractivity contribution is 7.92. The minimum absolute atomic E-state index is 0.00341. The number of aryl methyl sites for hydroxylation is 2. The molecule has 0 bridgehead atoms. The number of rotatable bonds is 6.